The second-order valence-corrected chi connectivity index (χ2v) is 6.45. The maximum absolute atomic E-state index is 11.9. The molecule has 0 N–H and O–H groups in total. The molecule has 1 heterocycles. The Kier molecular flexibility index (Phi) is 5.20. The average molecular weight is 371 g/mol. The van der Waals surface area contributed by atoms with E-state index in [0.29, 0.717) is 29.7 Å². The molecule has 120 valence electrons. The van der Waals surface area contributed by atoms with Crippen LogP contribution in [0.5, 0.6) is 17.2 Å². The van der Waals surface area contributed by atoms with Crippen molar-refractivity contribution in [1.82, 2.24) is 0 Å². The van der Waals surface area contributed by atoms with Gasteiger partial charge < -0.3 is 14.2 Å². The summed E-state index contributed by atoms with van der Waals surface area (Å²) in [5.41, 5.74) is 0. The molecule has 2 aromatic rings. The zero-order valence-electron chi connectivity index (χ0n) is 11.9. The summed E-state index contributed by atoms with van der Waals surface area (Å²) in [4.78, 5) is 12.8. The fourth-order valence-corrected chi connectivity index (χ4v) is 3.00. The number of benzene rings is 2. The molecule has 1 aliphatic heterocycles. The number of fused-ring (bicyclic) bond motifs is 1. The Morgan fingerprint density at radius 1 is 1.13 bits per heavy atom. The first-order valence-electron chi connectivity index (χ1n) is 6.80. The zero-order chi connectivity index (χ0) is 16.2. The first-order chi connectivity index (χ1) is 11.1. The van der Waals surface area contributed by atoms with Crippen molar-refractivity contribution in [2.24, 2.45) is 0 Å². The predicted molar refractivity (Wildman–Crippen MR) is 90.3 cm³/mol. The highest BCUT2D eigenvalue weighted by Gasteiger charge is 2.14. The number of thioether (sulfide) groups is 1. The van der Waals surface area contributed by atoms with Crippen molar-refractivity contribution in [3.05, 3.63) is 46.4 Å². The predicted octanol–water partition coefficient (Wildman–Crippen LogP) is 4.46. The Morgan fingerprint density at radius 2 is 1.91 bits per heavy atom. The molecular formula is C16H12Cl2O4S. The third-order valence-corrected chi connectivity index (χ3v) is 4.78. The first kappa shape index (κ1) is 16.3. The number of esters is 1. The van der Waals surface area contributed by atoms with Gasteiger partial charge in [0.05, 0.1) is 10.8 Å². The van der Waals surface area contributed by atoms with Crippen LogP contribution in [0, 0.1) is 0 Å². The van der Waals surface area contributed by atoms with Crippen molar-refractivity contribution in [1.29, 1.82) is 0 Å². The van der Waals surface area contributed by atoms with Crippen LogP contribution in [0.3, 0.4) is 0 Å². The van der Waals surface area contributed by atoms with E-state index in [4.69, 9.17) is 37.4 Å². The average Bonchev–Trinajstić information content (AvgIpc) is 2.57. The molecule has 0 spiro atoms. The molecule has 1 aliphatic rings. The topological polar surface area (TPSA) is 44.8 Å². The van der Waals surface area contributed by atoms with Crippen molar-refractivity contribution in [2.75, 3.05) is 19.0 Å². The van der Waals surface area contributed by atoms with E-state index in [9.17, 15) is 4.79 Å². The molecule has 0 saturated heterocycles. The van der Waals surface area contributed by atoms with Crippen LogP contribution >= 0.6 is 35.0 Å². The zero-order valence-corrected chi connectivity index (χ0v) is 14.2. The van der Waals surface area contributed by atoms with Crippen molar-refractivity contribution in [3.8, 4) is 17.2 Å². The molecular weight excluding hydrogens is 359 g/mol. The summed E-state index contributed by atoms with van der Waals surface area (Å²) in [6, 6.07) is 10.4. The molecule has 4 nitrogen and oxygen atoms in total. The largest absolute Gasteiger partial charge is 0.486 e. The lowest BCUT2D eigenvalue weighted by Gasteiger charge is -2.18. The van der Waals surface area contributed by atoms with E-state index >= 15 is 0 Å². The van der Waals surface area contributed by atoms with Crippen LogP contribution in [0.25, 0.3) is 0 Å². The normalized spacial score (nSPS) is 12.8. The maximum Gasteiger partial charge on any atom is 0.321 e. The number of hydrogen-bond donors (Lipinski definition) is 0. The fourth-order valence-electron chi connectivity index (χ4n) is 1.97. The van der Waals surface area contributed by atoms with Gasteiger partial charge in [0.15, 0.2) is 17.2 Å². The van der Waals surface area contributed by atoms with Gasteiger partial charge >= 0.3 is 5.97 Å². The van der Waals surface area contributed by atoms with E-state index in [1.54, 1.807) is 18.2 Å². The second-order valence-electron chi connectivity index (χ2n) is 4.62. The molecule has 0 radical (unpaired) electrons. The van der Waals surface area contributed by atoms with E-state index in [2.05, 4.69) is 0 Å². The Bertz CT molecular complexity index is 736. The lowest BCUT2D eigenvalue weighted by atomic mass is 10.3. The van der Waals surface area contributed by atoms with Crippen LogP contribution in [-0.4, -0.2) is 24.9 Å². The number of hydrogen-bond acceptors (Lipinski definition) is 5. The molecule has 7 heteroatoms. The maximum atomic E-state index is 11.9. The van der Waals surface area contributed by atoms with Gasteiger partial charge in [-0.1, -0.05) is 29.3 Å². The molecule has 0 aromatic heterocycles. The van der Waals surface area contributed by atoms with Gasteiger partial charge in [-0.2, -0.15) is 0 Å². The van der Waals surface area contributed by atoms with E-state index in [1.807, 2.05) is 18.2 Å². The van der Waals surface area contributed by atoms with E-state index in [0.717, 1.165) is 4.90 Å². The molecule has 0 saturated carbocycles. The van der Waals surface area contributed by atoms with Crippen LogP contribution in [0.1, 0.15) is 0 Å². The summed E-state index contributed by atoms with van der Waals surface area (Å²) in [6.45, 7) is 1.07. The molecule has 0 bridgehead atoms. The van der Waals surface area contributed by atoms with Crippen LogP contribution in [0.15, 0.2) is 41.3 Å². The SMILES string of the molecule is O=C(CSc1ccc2c(c1)OCCO2)Oc1cccc(Cl)c1Cl. The Morgan fingerprint density at radius 3 is 2.74 bits per heavy atom. The van der Waals surface area contributed by atoms with Gasteiger partial charge in [-0.25, -0.2) is 0 Å². The minimum atomic E-state index is -0.408. The summed E-state index contributed by atoms with van der Waals surface area (Å²) in [5, 5.41) is 0.573. The molecule has 3 rings (SSSR count). The van der Waals surface area contributed by atoms with Crippen molar-refractivity contribution >= 4 is 40.9 Å². The second kappa shape index (κ2) is 7.34. The van der Waals surface area contributed by atoms with E-state index < -0.39 is 5.97 Å². The van der Waals surface area contributed by atoms with Crippen molar-refractivity contribution in [3.63, 3.8) is 0 Å². The van der Waals surface area contributed by atoms with Gasteiger partial charge in [0.2, 0.25) is 0 Å². The van der Waals surface area contributed by atoms with Crippen molar-refractivity contribution in [2.45, 2.75) is 4.90 Å². The minimum Gasteiger partial charge on any atom is -0.486 e. The molecule has 0 aliphatic carbocycles. The molecule has 0 atom stereocenters. The van der Waals surface area contributed by atoms with Gasteiger partial charge in [-0.05, 0) is 30.3 Å². The summed E-state index contributed by atoms with van der Waals surface area (Å²) < 4.78 is 16.2. The van der Waals surface area contributed by atoms with Crippen molar-refractivity contribution < 1.29 is 19.0 Å². The lowest BCUT2D eigenvalue weighted by Crippen LogP contribution is -2.15. The smallest absolute Gasteiger partial charge is 0.321 e. The van der Waals surface area contributed by atoms with Gasteiger partial charge in [0.25, 0.3) is 0 Å². The van der Waals surface area contributed by atoms with Gasteiger partial charge in [0, 0.05) is 4.90 Å². The fraction of sp³-hybridized carbons (Fsp3) is 0.188. The molecule has 0 amide bonds. The number of carbonyl (C=O) groups excluding carboxylic acids is 1. The third kappa shape index (κ3) is 4.05. The summed E-state index contributed by atoms with van der Waals surface area (Å²) in [6.07, 6.45) is 0. The summed E-state index contributed by atoms with van der Waals surface area (Å²) in [7, 11) is 0. The summed E-state index contributed by atoms with van der Waals surface area (Å²) in [5.74, 6) is 1.39. The quantitative estimate of drug-likeness (QED) is 0.451. The lowest BCUT2D eigenvalue weighted by molar-refractivity contribution is -0.131. The molecule has 0 unspecified atom stereocenters. The van der Waals surface area contributed by atoms with Crippen LogP contribution in [0.2, 0.25) is 10.0 Å². The Labute approximate surface area is 147 Å². The molecule has 23 heavy (non-hydrogen) atoms. The minimum absolute atomic E-state index is 0.141. The standard InChI is InChI=1S/C16H12Cl2O4S/c17-11-2-1-3-13(16(11)18)22-15(19)9-23-10-4-5-12-14(8-10)21-7-6-20-12/h1-5,8H,6-7,9H2. The number of halogens is 2. The highest BCUT2D eigenvalue weighted by molar-refractivity contribution is 8.00. The van der Waals surface area contributed by atoms with E-state index in [-0.39, 0.29) is 16.5 Å². The number of rotatable bonds is 4. The Hall–Kier alpha value is -1.56. The highest BCUT2D eigenvalue weighted by atomic mass is 35.5. The van der Waals surface area contributed by atoms with E-state index in [1.165, 1.54) is 11.8 Å². The Balaban J connectivity index is 1.60. The first-order valence-corrected chi connectivity index (χ1v) is 8.55. The summed E-state index contributed by atoms with van der Waals surface area (Å²) >= 11 is 13.2. The number of ether oxygens (including phenoxy) is 3. The third-order valence-electron chi connectivity index (χ3n) is 3.01. The van der Waals surface area contributed by atoms with Crippen LogP contribution < -0.4 is 14.2 Å². The monoisotopic (exact) mass is 370 g/mol. The van der Waals surface area contributed by atoms with Crippen LogP contribution in [-0.2, 0) is 4.79 Å². The molecule has 2 aromatic carbocycles. The van der Waals surface area contributed by atoms with Gasteiger partial charge in [0.1, 0.15) is 18.2 Å². The van der Waals surface area contributed by atoms with Gasteiger partial charge in [-0.3, -0.25) is 4.79 Å². The highest BCUT2D eigenvalue weighted by Crippen LogP contribution is 2.35. The number of carbonyl (C=O) groups is 1. The molecule has 0 fully saturated rings. The van der Waals surface area contributed by atoms with Crippen LogP contribution in [0.4, 0.5) is 0 Å². The van der Waals surface area contributed by atoms with Gasteiger partial charge in [-0.15, -0.1) is 11.8 Å².